The number of aliphatic imine (C=N–C) groups is 1. The Morgan fingerprint density at radius 3 is 2.02 bits per heavy atom. The second-order valence-electron chi connectivity index (χ2n) is 12.3. The largest absolute Gasteiger partial charge is 0.359 e. The summed E-state index contributed by atoms with van der Waals surface area (Å²) in [4.78, 5) is 10.0. The SMILES string of the molecule is C1=C(c2cccc(-c3cnc4ccccc4c3)c2)N=C(c2cccc3ccccc23)NC1c1ccc(-c2ccc3ccccc3c2)cc1. The van der Waals surface area contributed by atoms with E-state index in [4.69, 9.17) is 9.98 Å². The first-order valence-corrected chi connectivity index (χ1v) is 16.4. The summed E-state index contributed by atoms with van der Waals surface area (Å²) in [7, 11) is 0. The molecule has 0 bridgehead atoms. The smallest absolute Gasteiger partial charge is 0.135 e. The zero-order valence-corrected chi connectivity index (χ0v) is 26.2. The van der Waals surface area contributed by atoms with Crippen LogP contribution in [0.4, 0.5) is 0 Å². The molecule has 0 spiro atoms. The van der Waals surface area contributed by atoms with Crippen LogP contribution < -0.4 is 5.32 Å². The number of nitrogens with one attached hydrogen (secondary N) is 1. The summed E-state index contributed by atoms with van der Waals surface area (Å²) in [6, 6.07) is 58.1. The lowest BCUT2D eigenvalue weighted by Crippen LogP contribution is -2.31. The quantitative estimate of drug-likeness (QED) is 0.210. The third kappa shape index (κ3) is 5.22. The third-order valence-corrected chi connectivity index (χ3v) is 9.33. The lowest BCUT2D eigenvalue weighted by Gasteiger charge is -2.25. The van der Waals surface area contributed by atoms with E-state index in [1.807, 2.05) is 18.3 Å². The van der Waals surface area contributed by atoms with Crippen LogP contribution in [0, 0.1) is 0 Å². The summed E-state index contributed by atoms with van der Waals surface area (Å²) in [6.07, 6.45) is 4.21. The topological polar surface area (TPSA) is 37.3 Å². The zero-order chi connectivity index (χ0) is 31.9. The molecular formula is C45H31N3. The highest BCUT2D eigenvalue weighted by Gasteiger charge is 2.21. The molecule has 2 heterocycles. The molecule has 3 nitrogen and oxygen atoms in total. The number of hydrogen-bond donors (Lipinski definition) is 1. The Balaban J connectivity index is 1.12. The van der Waals surface area contributed by atoms with Gasteiger partial charge >= 0.3 is 0 Å². The Kier molecular flexibility index (Phi) is 6.87. The monoisotopic (exact) mass is 613 g/mol. The number of amidine groups is 1. The lowest BCUT2D eigenvalue weighted by molar-refractivity contribution is 0.781. The van der Waals surface area contributed by atoms with Crippen molar-refractivity contribution in [3.63, 3.8) is 0 Å². The predicted octanol–water partition coefficient (Wildman–Crippen LogP) is 11.0. The summed E-state index contributed by atoms with van der Waals surface area (Å²) >= 11 is 0. The first-order chi connectivity index (χ1) is 23.7. The van der Waals surface area contributed by atoms with Crippen LogP contribution in [-0.4, -0.2) is 10.8 Å². The number of nitrogens with zero attached hydrogens (tertiary/aromatic N) is 2. The van der Waals surface area contributed by atoms with Crippen LogP contribution in [-0.2, 0) is 0 Å². The minimum atomic E-state index is -0.0666. The summed E-state index contributed by atoms with van der Waals surface area (Å²) < 4.78 is 0. The van der Waals surface area contributed by atoms with E-state index in [-0.39, 0.29) is 6.04 Å². The Hall–Kier alpha value is -6.32. The molecule has 48 heavy (non-hydrogen) atoms. The summed E-state index contributed by atoms with van der Waals surface area (Å²) in [5, 5.41) is 9.79. The van der Waals surface area contributed by atoms with Crippen LogP contribution >= 0.6 is 0 Å². The first kappa shape index (κ1) is 27.9. The molecule has 7 aromatic carbocycles. The minimum Gasteiger partial charge on any atom is -0.359 e. The van der Waals surface area contributed by atoms with Crippen LogP contribution in [0.2, 0.25) is 0 Å². The van der Waals surface area contributed by atoms with Crippen molar-refractivity contribution in [2.75, 3.05) is 0 Å². The van der Waals surface area contributed by atoms with Gasteiger partial charge in [0.25, 0.3) is 0 Å². The average molecular weight is 614 g/mol. The zero-order valence-electron chi connectivity index (χ0n) is 26.2. The van der Waals surface area contributed by atoms with Gasteiger partial charge in [0, 0.05) is 28.3 Å². The summed E-state index contributed by atoms with van der Waals surface area (Å²) in [5.41, 5.74) is 9.89. The molecule has 1 N–H and O–H groups in total. The summed E-state index contributed by atoms with van der Waals surface area (Å²) in [6.45, 7) is 0. The molecule has 0 fully saturated rings. The van der Waals surface area contributed by atoms with Crippen molar-refractivity contribution in [2.45, 2.75) is 6.04 Å². The van der Waals surface area contributed by atoms with E-state index in [1.54, 1.807) is 0 Å². The van der Waals surface area contributed by atoms with Crippen molar-refractivity contribution < 1.29 is 0 Å². The molecule has 1 unspecified atom stereocenters. The maximum atomic E-state index is 5.28. The number of aromatic nitrogens is 1. The van der Waals surface area contributed by atoms with Gasteiger partial charge in [-0.3, -0.25) is 4.98 Å². The highest BCUT2D eigenvalue weighted by molar-refractivity contribution is 6.12. The molecule has 8 aromatic rings. The maximum Gasteiger partial charge on any atom is 0.135 e. The van der Waals surface area contributed by atoms with Gasteiger partial charge in [0.05, 0.1) is 17.3 Å². The van der Waals surface area contributed by atoms with Crippen molar-refractivity contribution in [3.8, 4) is 22.3 Å². The molecule has 0 radical (unpaired) electrons. The molecule has 226 valence electrons. The van der Waals surface area contributed by atoms with Crippen LogP contribution in [0.15, 0.2) is 181 Å². The fraction of sp³-hybridized carbons (Fsp3) is 0.0222. The van der Waals surface area contributed by atoms with Gasteiger partial charge in [-0.25, -0.2) is 4.99 Å². The second-order valence-corrected chi connectivity index (χ2v) is 12.3. The molecule has 1 aromatic heterocycles. The molecule has 1 atom stereocenters. The molecule has 0 aliphatic carbocycles. The van der Waals surface area contributed by atoms with Crippen molar-refractivity contribution >= 4 is 44.0 Å². The maximum absolute atomic E-state index is 5.28. The Bertz CT molecular complexity index is 2540. The lowest BCUT2D eigenvalue weighted by atomic mass is 9.95. The van der Waals surface area contributed by atoms with Gasteiger partial charge in [0.2, 0.25) is 0 Å². The van der Waals surface area contributed by atoms with Crippen LogP contribution in [0.1, 0.15) is 22.7 Å². The Morgan fingerprint density at radius 1 is 0.458 bits per heavy atom. The van der Waals surface area contributed by atoms with Crippen molar-refractivity contribution in [1.82, 2.24) is 10.3 Å². The van der Waals surface area contributed by atoms with Gasteiger partial charge in [0.15, 0.2) is 0 Å². The van der Waals surface area contributed by atoms with Gasteiger partial charge in [0.1, 0.15) is 5.84 Å². The first-order valence-electron chi connectivity index (χ1n) is 16.4. The van der Waals surface area contributed by atoms with Gasteiger partial charge in [-0.2, -0.15) is 0 Å². The van der Waals surface area contributed by atoms with Gasteiger partial charge in [-0.1, -0.05) is 140 Å². The molecule has 0 saturated heterocycles. The number of hydrogen-bond acceptors (Lipinski definition) is 3. The van der Waals surface area contributed by atoms with Crippen molar-refractivity contribution in [3.05, 3.63) is 193 Å². The van der Waals surface area contributed by atoms with E-state index >= 15 is 0 Å². The third-order valence-electron chi connectivity index (χ3n) is 9.33. The standard InChI is InChI=1S/C45H31N3/c1-2-11-34-25-36(24-21-30(34)9-1)31-19-22-33(23-20-31)43-28-44(48-45(47-43)41-17-8-13-32-10-3-5-16-40(32)41)38-15-7-14-35(26-38)39-27-37-12-4-6-18-42(37)46-29-39/h1-29,43H,(H,47,48). The molecule has 0 amide bonds. The van der Waals surface area contributed by atoms with E-state index in [1.165, 1.54) is 38.2 Å². The Morgan fingerprint density at radius 2 is 1.12 bits per heavy atom. The number of para-hydroxylation sites is 1. The Labute approximate surface area is 279 Å². The van der Waals surface area contributed by atoms with E-state index in [0.29, 0.717) is 0 Å². The van der Waals surface area contributed by atoms with Gasteiger partial charge in [-0.05, 0) is 74.1 Å². The number of pyridine rings is 1. The van der Waals surface area contributed by atoms with Gasteiger partial charge < -0.3 is 5.32 Å². The summed E-state index contributed by atoms with van der Waals surface area (Å²) in [5.74, 6) is 0.866. The van der Waals surface area contributed by atoms with E-state index in [0.717, 1.165) is 44.7 Å². The molecular weight excluding hydrogens is 583 g/mol. The number of benzene rings is 7. The van der Waals surface area contributed by atoms with Crippen molar-refractivity contribution in [2.24, 2.45) is 4.99 Å². The van der Waals surface area contributed by atoms with E-state index in [2.05, 4.69) is 163 Å². The molecule has 0 saturated carbocycles. The number of rotatable bonds is 5. The molecule has 1 aliphatic rings. The van der Waals surface area contributed by atoms with E-state index in [9.17, 15) is 0 Å². The molecule has 9 rings (SSSR count). The minimum absolute atomic E-state index is 0.0666. The van der Waals surface area contributed by atoms with Crippen LogP contribution in [0.3, 0.4) is 0 Å². The highest BCUT2D eigenvalue weighted by atomic mass is 15.0. The average Bonchev–Trinajstić information content (AvgIpc) is 3.17. The molecule has 1 aliphatic heterocycles. The predicted molar refractivity (Wildman–Crippen MR) is 201 cm³/mol. The highest BCUT2D eigenvalue weighted by Crippen LogP contribution is 2.33. The normalized spacial score (nSPS) is 14.5. The molecule has 3 heteroatoms. The fourth-order valence-electron chi connectivity index (χ4n) is 6.79. The van der Waals surface area contributed by atoms with E-state index < -0.39 is 0 Å². The second kappa shape index (κ2) is 11.8. The fourth-order valence-corrected chi connectivity index (χ4v) is 6.79. The van der Waals surface area contributed by atoms with Crippen LogP contribution in [0.5, 0.6) is 0 Å². The van der Waals surface area contributed by atoms with Crippen molar-refractivity contribution in [1.29, 1.82) is 0 Å². The number of fused-ring (bicyclic) bond motifs is 3. The van der Waals surface area contributed by atoms with Crippen LogP contribution in [0.25, 0.3) is 60.4 Å². The van der Waals surface area contributed by atoms with Gasteiger partial charge in [-0.15, -0.1) is 0 Å².